The molecule has 2 aromatic heterocycles. The zero-order chi connectivity index (χ0) is 39.5. The Morgan fingerprint density at radius 2 is 0.814 bits per heavy atom. The number of ether oxygens (including phenoxy) is 2. The average Bonchev–Trinajstić information content (AvgIpc) is 3.94. The number of nitrogens with one attached hydrogen (secondary N) is 1. The SMILES string of the molecule is Brc1ccc(-c2nc3ccccc3o2)cc1.c1ccc2c(c1)Nc1ccccc1O2.c1ccc2c(c1)Oc1ccccc1N2c1ccc(-c2nc3ccccc3o2)cc1. The van der Waals surface area contributed by atoms with Gasteiger partial charge in [0.25, 0.3) is 0 Å². The van der Waals surface area contributed by atoms with E-state index in [0.29, 0.717) is 11.8 Å². The van der Waals surface area contributed by atoms with Gasteiger partial charge in [0.05, 0.1) is 22.7 Å². The molecule has 59 heavy (non-hydrogen) atoms. The first-order valence-corrected chi connectivity index (χ1v) is 19.8. The Labute approximate surface area is 348 Å². The number of aromatic nitrogens is 2. The number of para-hydroxylation sites is 12. The van der Waals surface area contributed by atoms with E-state index in [0.717, 1.165) is 89.2 Å². The molecule has 2 aliphatic heterocycles. The molecule has 0 bridgehead atoms. The highest BCUT2D eigenvalue weighted by Gasteiger charge is 2.25. The molecule has 9 heteroatoms. The molecule has 0 atom stereocenters. The van der Waals surface area contributed by atoms with Crippen LogP contribution >= 0.6 is 15.9 Å². The summed E-state index contributed by atoms with van der Waals surface area (Å²) in [5.41, 5.74) is 10.4. The van der Waals surface area contributed by atoms with Crippen molar-refractivity contribution in [3.63, 3.8) is 0 Å². The molecular formula is C50H33BrN4O4. The predicted molar refractivity (Wildman–Crippen MR) is 238 cm³/mol. The topological polar surface area (TPSA) is 85.8 Å². The first kappa shape index (κ1) is 35.8. The average molecular weight is 834 g/mol. The molecule has 12 rings (SSSR count). The number of rotatable bonds is 3. The van der Waals surface area contributed by atoms with Crippen molar-refractivity contribution in [1.29, 1.82) is 0 Å². The van der Waals surface area contributed by atoms with Crippen LogP contribution in [0, 0.1) is 0 Å². The third-order valence-electron chi connectivity index (χ3n) is 9.75. The van der Waals surface area contributed by atoms with Crippen molar-refractivity contribution in [2.45, 2.75) is 0 Å². The van der Waals surface area contributed by atoms with Crippen LogP contribution in [0.3, 0.4) is 0 Å². The molecule has 2 aliphatic rings. The van der Waals surface area contributed by atoms with Crippen LogP contribution in [0.15, 0.2) is 207 Å². The zero-order valence-corrected chi connectivity index (χ0v) is 32.9. The van der Waals surface area contributed by atoms with Crippen LogP contribution in [0.1, 0.15) is 0 Å². The van der Waals surface area contributed by atoms with E-state index in [1.165, 1.54) is 0 Å². The van der Waals surface area contributed by atoms with Gasteiger partial charge >= 0.3 is 0 Å². The predicted octanol–water partition coefficient (Wildman–Crippen LogP) is 14.9. The van der Waals surface area contributed by atoms with Gasteiger partial charge < -0.3 is 28.5 Å². The summed E-state index contributed by atoms with van der Waals surface area (Å²) >= 11 is 3.40. The molecule has 0 saturated carbocycles. The second-order valence-electron chi connectivity index (χ2n) is 13.6. The second-order valence-corrected chi connectivity index (χ2v) is 14.5. The number of hydrogen-bond acceptors (Lipinski definition) is 8. The first-order valence-electron chi connectivity index (χ1n) is 19.0. The number of oxazole rings is 2. The maximum atomic E-state index is 6.09. The minimum atomic E-state index is 0.625. The zero-order valence-electron chi connectivity index (χ0n) is 31.3. The Morgan fingerprint density at radius 1 is 0.407 bits per heavy atom. The number of fused-ring (bicyclic) bond motifs is 6. The summed E-state index contributed by atoms with van der Waals surface area (Å²) in [6.07, 6.45) is 0. The van der Waals surface area contributed by atoms with Gasteiger partial charge in [0.15, 0.2) is 34.2 Å². The van der Waals surface area contributed by atoms with Crippen molar-refractivity contribution < 1.29 is 18.3 Å². The van der Waals surface area contributed by atoms with E-state index in [2.05, 4.69) is 60.4 Å². The normalized spacial score (nSPS) is 11.8. The molecule has 10 aromatic rings. The monoisotopic (exact) mass is 832 g/mol. The van der Waals surface area contributed by atoms with Gasteiger partial charge in [-0.1, -0.05) is 88.7 Å². The van der Waals surface area contributed by atoms with Crippen LogP contribution < -0.4 is 19.7 Å². The summed E-state index contributed by atoms with van der Waals surface area (Å²) in [5.74, 6) is 4.73. The summed E-state index contributed by atoms with van der Waals surface area (Å²) < 4.78 is 24.4. The second kappa shape index (κ2) is 15.7. The van der Waals surface area contributed by atoms with E-state index >= 15 is 0 Å². The van der Waals surface area contributed by atoms with Gasteiger partial charge in [0.2, 0.25) is 11.8 Å². The maximum absolute atomic E-state index is 6.09. The van der Waals surface area contributed by atoms with Crippen LogP contribution in [-0.2, 0) is 0 Å². The standard InChI is InChI=1S/C25H16N2O2.C13H8BrNO.C12H9NO/c1-4-10-22-19(7-1)26-25(29-22)17-13-15-18(16-14-17)27-20-8-2-5-11-23(20)28-24-12-6-3-9-21(24)27;14-10-7-5-9(6-8-10)13-15-11-3-1-2-4-12(11)16-13;1-3-7-11-9(5-1)13-10-6-2-4-8-12(10)14-11/h1-16H;1-8H;1-8,13H. The van der Waals surface area contributed by atoms with Crippen LogP contribution in [0.2, 0.25) is 0 Å². The summed E-state index contributed by atoms with van der Waals surface area (Å²) in [6, 6.07) is 63.7. The number of halogens is 1. The van der Waals surface area contributed by atoms with Gasteiger partial charge in [-0.2, -0.15) is 0 Å². The highest BCUT2D eigenvalue weighted by molar-refractivity contribution is 9.10. The summed E-state index contributed by atoms with van der Waals surface area (Å²) in [5, 5.41) is 3.32. The lowest BCUT2D eigenvalue weighted by Crippen LogP contribution is -2.15. The minimum absolute atomic E-state index is 0.625. The minimum Gasteiger partial charge on any atom is -0.453 e. The Bertz CT molecular complexity index is 2870. The fourth-order valence-electron chi connectivity index (χ4n) is 6.90. The van der Waals surface area contributed by atoms with Crippen LogP contribution in [-0.4, -0.2) is 9.97 Å². The molecular weight excluding hydrogens is 800 g/mol. The molecule has 284 valence electrons. The quantitative estimate of drug-likeness (QED) is 0.188. The third kappa shape index (κ3) is 7.38. The third-order valence-corrected chi connectivity index (χ3v) is 10.3. The van der Waals surface area contributed by atoms with Gasteiger partial charge in [-0.25, -0.2) is 9.97 Å². The fourth-order valence-corrected chi connectivity index (χ4v) is 7.17. The largest absolute Gasteiger partial charge is 0.453 e. The van der Waals surface area contributed by atoms with Crippen molar-refractivity contribution in [2.75, 3.05) is 10.2 Å². The van der Waals surface area contributed by atoms with Gasteiger partial charge in [0, 0.05) is 21.3 Å². The van der Waals surface area contributed by atoms with Gasteiger partial charge in [-0.3, -0.25) is 0 Å². The molecule has 0 unspecified atom stereocenters. The number of hydrogen-bond donors (Lipinski definition) is 1. The van der Waals surface area contributed by atoms with E-state index in [-0.39, 0.29) is 0 Å². The van der Waals surface area contributed by atoms with Crippen molar-refractivity contribution >= 4 is 66.6 Å². The molecule has 8 aromatic carbocycles. The van der Waals surface area contributed by atoms with E-state index in [4.69, 9.17) is 18.3 Å². The van der Waals surface area contributed by atoms with Crippen molar-refractivity contribution in [1.82, 2.24) is 9.97 Å². The number of benzene rings is 8. The summed E-state index contributed by atoms with van der Waals surface area (Å²) in [7, 11) is 0. The maximum Gasteiger partial charge on any atom is 0.227 e. The van der Waals surface area contributed by atoms with Gasteiger partial charge in [0.1, 0.15) is 11.0 Å². The molecule has 0 fully saturated rings. The molecule has 4 heterocycles. The number of nitrogens with zero attached hydrogens (tertiary/aromatic N) is 3. The van der Waals surface area contributed by atoms with E-state index < -0.39 is 0 Å². The molecule has 8 nitrogen and oxygen atoms in total. The highest BCUT2D eigenvalue weighted by atomic mass is 79.9. The van der Waals surface area contributed by atoms with Crippen LogP contribution in [0.5, 0.6) is 23.0 Å². The Kier molecular flexibility index (Phi) is 9.54. The van der Waals surface area contributed by atoms with Crippen LogP contribution in [0.4, 0.5) is 28.4 Å². The molecule has 0 amide bonds. The number of anilines is 5. The smallest absolute Gasteiger partial charge is 0.227 e. The summed E-state index contributed by atoms with van der Waals surface area (Å²) in [4.78, 5) is 11.2. The Morgan fingerprint density at radius 3 is 1.32 bits per heavy atom. The molecule has 0 spiro atoms. The van der Waals surface area contributed by atoms with Gasteiger partial charge in [-0.15, -0.1) is 0 Å². The molecule has 0 aliphatic carbocycles. The molecule has 0 radical (unpaired) electrons. The molecule has 0 saturated heterocycles. The lowest BCUT2D eigenvalue weighted by Gasteiger charge is -2.32. The van der Waals surface area contributed by atoms with Crippen LogP contribution in [0.25, 0.3) is 45.1 Å². The fraction of sp³-hybridized carbons (Fsp3) is 0. The van der Waals surface area contributed by atoms with E-state index in [1.807, 2.05) is 170 Å². The van der Waals surface area contributed by atoms with Crippen molar-refractivity contribution in [2.24, 2.45) is 0 Å². The molecule has 1 N–H and O–H groups in total. The lowest BCUT2D eigenvalue weighted by atomic mass is 10.1. The first-order chi connectivity index (χ1) is 29.1. The van der Waals surface area contributed by atoms with Gasteiger partial charge in [-0.05, 0) is 121 Å². The lowest BCUT2D eigenvalue weighted by molar-refractivity contribution is 0.477. The summed E-state index contributed by atoms with van der Waals surface area (Å²) in [6.45, 7) is 0. The van der Waals surface area contributed by atoms with E-state index in [9.17, 15) is 0 Å². The Balaban J connectivity index is 0.000000118. The van der Waals surface area contributed by atoms with Crippen molar-refractivity contribution in [3.05, 3.63) is 199 Å². The van der Waals surface area contributed by atoms with Crippen molar-refractivity contribution in [3.8, 4) is 45.9 Å². The Hall–Kier alpha value is -7.62. The highest BCUT2D eigenvalue weighted by Crippen LogP contribution is 2.50. The van der Waals surface area contributed by atoms with E-state index in [1.54, 1.807) is 0 Å².